The van der Waals surface area contributed by atoms with E-state index in [1.54, 1.807) is 6.07 Å². The summed E-state index contributed by atoms with van der Waals surface area (Å²) in [5.41, 5.74) is -1.43. The number of hydrogen-bond donors (Lipinski definition) is 0. The third-order valence-corrected chi connectivity index (χ3v) is 3.77. The largest absolute Gasteiger partial charge is 0.497 e. The molecule has 0 heterocycles. The van der Waals surface area contributed by atoms with Crippen molar-refractivity contribution in [2.45, 2.75) is 0 Å². The predicted octanol–water partition coefficient (Wildman–Crippen LogP) is 5.27. The summed E-state index contributed by atoms with van der Waals surface area (Å²) in [4.78, 5) is 12.3. The van der Waals surface area contributed by atoms with Gasteiger partial charge in [0.1, 0.15) is 17.1 Å². The van der Waals surface area contributed by atoms with Crippen LogP contribution < -0.4 is 9.47 Å². The number of carbonyl (C=O) groups is 1. The fourth-order valence-corrected chi connectivity index (χ4v) is 2.40. The lowest BCUT2D eigenvalue weighted by Crippen LogP contribution is -2.12. The molecule has 0 aliphatic rings. The zero-order valence-corrected chi connectivity index (χ0v) is 13.9. The standard InChI is InChI=1S/C20H12F4O3/c1-26-12-7-9-13(10-8-12)27-20-17(23)15(21)14(16(22)18(20)24)19(25)11-5-3-2-4-6-11/h2-10H,1H3. The molecule has 0 unspecified atom stereocenters. The van der Waals surface area contributed by atoms with E-state index in [0.717, 1.165) is 0 Å². The maximum atomic E-state index is 14.4. The van der Waals surface area contributed by atoms with Gasteiger partial charge >= 0.3 is 0 Å². The molecule has 27 heavy (non-hydrogen) atoms. The highest BCUT2D eigenvalue weighted by Gasteiger charge is 2.31. The summed E-state index contributed by atoms with van der Waals surface area (Å²) in [6, 6.07) is 12.5. The molecular formula is C20H12F4O3. The molecule has 0 aromatic heterocycles. The second-order valence-electron chi connectivity index (χ2n) is 5.43. The molecule has 3 aromatic rings. The summed E-state index contributed by atoms with van der Waals surface area (Å²) in [5, 5.41) is 0. The second kappa shape index (κ2) is 7.49. The summed E-state index contributed by atoms with van der Waals surface area (Å²) in [5.74, 6) is -9.34. The van der Waals surface area contributed by atoms with Crippen molar-refractivity contribution in [1.82, 2.24) is 0 Å². The number of ketones is 1. The van der Waals surface area contributed by atoms with Crippen molar-refractivity contribution in [2.24, 2.45) is 0 Å². The molecule has 7 heteroatoms. The molecule has 0 fully saturated rings. The number of methoxy groups -OCH3 is 1. The molecule has 138 valence electrons. The van der Waals surface area contributed by atoms with Gasteiger partial charge in [0, 0.05) is 5.56 Å². The van der Waals surface area contributed by atoms with Gasteiger partial charge in [-0.25, -0.2) is 8.78 Å². The average molecular weight is 376 g/mol. The van der Waals surface area contributed by atoms with Crippen LogP contribution in [0.4, 0.5) is 17.6 Å². The quantitative estimate of drug-likeness (QED) is 0.346. The Hall–Kier alpha value is -3.35. The monoisotopic (exact) mass is 376 g/mol. The van der Waals surface area contributed by atoms with Crippen LogP contribution >= 0.6 is 0 Å². The minimum absolute atomic E-state index is 0.0745. The smallest absolute Gasteiger partial charge is 0.205 e. The predicted molar refractivity (Wildman–Crippen MR) is 89.2 cm³/mol. The highest BCUT2D eigenvalue weighted by atomic mass is 19.2. The van der Waals surface area contributed by atoms with Crippen molar-refractivity contribution in [3.05, 3.63) is 89.0 Å². The van der Waals surface area contributed by atoms with Crippen LogP contribution in [0.2, 0.25) is 0 Å². The van der Waals surface area contributed by atoms with E-state index in [9.17, 15) is 22.4 Å². The van der Waals surface area contributed by atoms with Crippen molar-refractivity contribution in [2.75, 3.05) is 7.11 Å². The van der Waals surface area contributed by atoms with E-state index in [0.29, 0.717) is 5.75 Å². The molecular weight excluding hydrogens is 364 g/mol. The van der Waals surface area contributed by atoms with Crippen LogP contribution in [0.1, 0.15) is 15.9 Å². The van der Waals surface area contributed by atoms with Crippen LogP contribution in [0.3, 0.4) is 0 Å². The molecule has 0 aliphatic heterocycles. The zero-order valence-electron chi connectivity index (χ0n) is 13.9. The SMILES string of the molecule is COc1ccc(Oc2c(F)c(F)c(C(=O)c3ccccc3)c(F)c2F)cc1. The van der Waals surface area contributed by atoms with Crippen LogP contribution in [-0.2, 0) is 0 Å². The Morgan fingerprint density at radius 3 is 1.78 bits per heavy atom. The van der Waals surface area contributed by atoms with Crippen LogP contribution in [0.5, 0.6) is 17.2 Å². The Kier molecular flexibility index (Phi) is 5.12. The Bertz CT molecular complexity index is 957. The maximum Gasteiger partial charge on any atom is 0.205 e. The van der Waals surface area contributed by atoms with Gasteiger partial charge < -0.3 is 9.47 Å². The lowest BCUT2D eigenvalue weighted by molar-refractivity contribution is 0.102. The highest BCUT2D eigenvalue weighted by molar-refractivity contribution is 6.09. The van der Waals surface area contributed by atoms with Crippen LogP contribution in [-0.4, -0.2) is 12.9 Å². The van der Waals surface area contributed by atoms with Gasteiger partial charge in [-0.15, -0.1) is 0 Å². The zero-order chi connectivity index (χ0) is 19.6. The molecule has 0 saturated heterocycles. The molecule has 0 aliphatic carbocycles. The lowest BCUT2D eigenvalue weighted by atomic mass is 10.0. The van der Waals surface area contributed by atoms with E-state index in [2.05, 4.69) is 0 Å². The first-order valence-corrected chi connectivity index (χ1v) is 7.71. The molecule has 3 aromatic carbocycles. The van der Waals surface area contributed by atoms with Gasteiger partial charge in [0.2, 0.25) is 17.4 Å². The molecule has 0 saturated carbocycles. The summed E-state index contributed by atoms with van der Waals surface area (Å²) < 4.78 is 67.2. The van der Waals surface area contributed by atoms with Gasteiger partial charge in [0.15, 0.2) is 17.4 Å². The number of hydrogen-bond acceptors (Lipinski definition) is 3. The minimum Gasteiger partial charge on any atom is -0.497 e. The molecule has 0 amide bonds. The highest BCUT2D eigenvalue weighted by Crippen LogP contribution is 2.34. The first kappa shape index (κ1) is 18.4. The van der Waals surface area contributed by atoms with E-state index >= 15 is 0 Å². The number of rotatable bonds is 5. The van der Waals surface area contributed by atoms with E-state index in [-0.39, 0.29) is 11.3 Å². The van der Waals surface area contributed by atoms with Crippen molar-refractivity contribution < 1.29 is 31.8 Å². The normalized spacial score (nSPS) is 10.6. The fourth-order valence-electron chi connectivity index (χ4n) is 2.40. The number of ether oxygens (including phenoxy) is 2. The molecule has 0 spiro atoms. The van der Waals surface area contributed by atoms with Crippen molar-refractivity contribution in [1.29, 1.82) is 0 Å². The van der Waals surface area contributed by atoms with Crippen LogP contribution in [0.25, 0.3) is 0 Å². The topological polar surface area (TPSA) is 35.5 Å². The van der Waals surface area contributed by atoms with Gasteiger partial charge in [0.05, 0.1) is 7.11 Å². The molecule has 0 N–H and O–H groups in total. The van der Waals surface area contributed by atoms with Gasteiger partial charge in [-0.2, -0.15) is 8.78 Å². The Balaban J connectivity index is 2.04. The van der Waals surface area contributed by atoms with Crippen LogP contribution in [0, 0.1) is 23.3 Å². The number of carbonyl (C=O) groups excluding carboxylic acids is 1. The molecule has 0 bridgehead atoms. The first-order chi connectivity index (χ1) is 12.9. The first-order valence-electron chi connectivity index (χ1n) is 7.71. The van der Waals surface area contributed by atoms with Gasteiger partial charge in [0.25, 0.3) is 0 Å². The summed E-state index contributed by atoms with van der Waals surface area (Å²) in [6.07, 6.45) is 0. The Morgan fingerprint density at radius 2 is 1.26 bits per heavy atom. The third-order valence-electron chi connectivity index (χ3n) is 3.77. The Labute approximate surface area is 151 Å². The Morgan fingerprint density at radius 1 is 0.741 bits per heavy atom. The lowest BCUT2D eigenvalue weighted by Gasteiger charge is -2.12. The molecule has 3 rings (SSSR count). The van der Waals surface area contributed by atoms with Crippen molar-refractivity contribution in [3.8, 4) is 17.2 Å². The van der Waals surface area contributed by atoms with E-state index in [1.165, 1.54) is 55.6 Å². The summed E-state index contributed by atoms with van der Waals surface area (Å²) >= 11 is 0. The van der Waals surface area contributed by atoms with Gasteiger partial charge in [-0.3, -0.25) is 4.79 Å². The van der Waals surface area contributed by atoms with Gasteiger partial charge in [-0.1, -0.05) is 30.3 Å². The number of benzene rings is 3. The summed E-state index contributed by atoms with van der Waals surface area (Å²) in [6.45, 7) is 0. The van der Waals surface area contributed by atoms with Crippen molar-refractivity contribution >= 4 is 5.78 Å². The van der Waals surface area contributed by atoms with E-state index in [4.69, 9.17) is 9.47 Å². The molecule has 3 nitrogen and oxygen atoms in total. The van der Waals surface area contributed by atoms with Gasteiger partial charge in [-0.05, 0) is 24.3 Å². The second-order valence-corrected chi connectivity index (χ2v) is 5.43. The molecule has 0 radical (unpaired) electrons. The average Bonchev–Trinajstić information content (AvgIpc) is 2.71. The van der Waals surface area contributed by atoms with Crippen LogP contribution in [0.15, 0.2) is 54.6 Å². The maximum absolute atomic E-state index is 14.4. The fraction of sp³-hybridized carbons (Fsp3) is 0.0500. The van der Waals surface area contributed by atoms with E-state index in [1.807, 2.05) is 0 Å². The van der Waals surface area contributed by atoms with E-state index < -0.39 is 40.4 Å². The third kappa shape index (κ3) is 3.48. The number of halogens is 4. The van der Waals surface area contributed by atoms with Crippen molar-refractivity contribution in [3.63, 3.8) is 0 Å². The summed E-state index contributed by atoms with van der Waals surface area (Å²) in [7, 11) is 1.42. The minimum atomic E-state index is -1.83. The molecule has 0 atom stereocenters.